The molecule has 0 aliphatic heterocycles. The van der Waals surface area contributed by atoms with Crippen LogP contribution >= 0.6 is 11.6 Å². The minimum absolute atomic E-state index is 0.0975. The van der Waals surface area contributed by atoms with Crippen LogP contribution in [0.4, 0.5) is 11.4 Å². The summed E-state index contributed by atoms with van der Waals surface area (Å²) in [6.07, 6.45) is 5.28. The van der Waals surface area contributed by atoms with E-state index < -0.39 is 10.8 Å². The molecule has 2 aromatic carbocycles. The molecule has 0 aromatic heterocycles. The third kappa shape index (κ3) is 3.59. The Kier molecular flexibility index (Phi) is 4.21. The van der Waals surface area contributed by atoms with Crippen LogP contribution in [0.5, 0.6) is 0 Å². The van der Waals surface area contributed by atoms with Crippen LogP contribution in [0.2, 0.25) is 5.02 Å². The van der Waals surface area contributed by atoms with Crippen LogP contribution in [-0.2, 0) is 0 Å². The van der Waals surface area contributed by atoms with Crippen molar-refractivity contribution >= 4 is 28.9 Å². The Balaban J connectivity index is 2.28. The van der Waals surface area contributed by atoms with Crippen molar-refractivity contribution in [1.82, 2.24) is 0 Å². The summed E-state index contributed by atoms with van der Waals surface area (Å²) in [5, 5.41) is 13.5. The van der Waals surface area contributed by atoms with Crippen molar-refractivity contribution < 1.29 is 9.72 Å². The third-order valence-electron chi connectivity index (χ3n) is 2.64. The van der Waals surface area contributed by atoms with E-state index in [1.165, 1.54) is 12.1 Å². The molecule has 0 spiro atoms. The average molecular weight is 301 g/mol. The van der Waals surface area contributed by atoms with Crippen LogP contribution in [-0.4, -0.2) is 10.8 Å². The molecule has 0 atom stereocenters. The first kappa shape index (κ1) is 14.6. The lowest BCUT2D eigenvalue weighted by molar-refractivity contribution is -0.384. The minimum atomic E-state index is -0.609. The Morgan fingerprint density at radius 2 is 2.05 bits per heavy atom. The summed E-state index contributed by atoms with van der Waals surface area (Å²) in [5.74, 6) is 1.95. The second-order valence-corrected chi connectivity index (χ2v) is 4.57. The van der Waals surface area contributed by atoms with Gasteiger partial charge in [-0.25, -0.2) is 0 Å². The zero-order chi connectivity index (χ0) is 15.4. The van der Waals surface area contributed by atoms with Gasteiger partial charge in [-0.05, 0) is 24.3 Å². The van der Waals surface area contributed by atoms with E-state index in [1.54, 1.807) is 24.3 Å². The normalized spacial score (nSPS) is 9.71. The van der Waals surface area contributed by atoms with E-state index in [2.05, 4.69) is 11.2 Å². The molecule has 0 aliphatic rings. The molecule has 0 saturated carbocycles. The van der Waals surface area contributed by atoms with Crippen LogP contribution in [0.3, 0.4) is 0 Å². The van der Waals surface area contributed by atoms with Gasteiger partial charge in [-0.3, -0.25) is 14.9 Å². The molecule has 104 valence electrons. The van der Waals surface area contributed by atoms with Crippen LogP contribution in [0.25, 0.3) is 0 Å². The Hall–Kier alpha value is -2.84. The fourth-order valence-electron chi connectivity index (χ4n) is 1.70. The number of nitro benzene ring substituents is 1. The van der Waals surface area contributed by atoms with Gasteiger partial charge < -0.3 is 5.32 Å². The predicted octanol–water partition coefficient (Wildman–Crippen LogP) is 3.48. The summed E-state index contributed by atoms with van der Waals surface area (Å²) in [7, 11) is 0. The summed E-state index contributed by atoms with van der Waals surface area (Å²) in [5.41, 5.74) is 0.966. The summed E-state index contributed by atoms with van der Waals surface area (Å²) in [6.45, 7) is 0. The molecule has 21 heavy (non-hydrogen) atoms. The molecule has 2 rings (SSSR count). The highest BCUT2D eigenvalue weighted by Crippen LogP contribution is 2.22. The number of nitrogens with one attached hydrogen (secondary N) is 1. The van der Waals surface area contributed by atoms with E-state index in [4.69, 9.17) is 18.0 Å². The number of hydrogen-bond donors (Lipinski definition) is 1. The van der Waals surface area contributed by atoms with Gasteiger partial charge in [-0.2, -0.15) is 0 Å². The number of nitro groups is 1. The molecular formula is C15H9ClN2O3. The number of nitrogens with zero attached hydrogens (tertiary/aromatic N) is 1. The lowest BCUT2D eigenvalue weighted by Crippen LogP contribution is -2.12. The van der Waals surface area contributed by atoms with Gasteiger partial charge in [0.05, 0.1) is 4.92 Å². The molecular weight excluding hydrogens is 292 g/mol. The van der Waals surface area contributed by atoms with Crippen LogP contribution in [0, 0.1) is 22.5 Å². The van der Waals surface area contributed by atoms with Crippen molar-refractivity contribution in [3.63, 3.8) is 0 Å². The molecule has 1 N–H and O–H groups in total. The van der Waals surface area contributed by atoms with Crippen molar-refractivity contribution in [3.05, 3.63) is 68.7 Å². The van der Waals surface area contributed by atoms with Gasteiger partial charge in [0.1, 0.15) is 0 Å². The van der Waals surface area contributed by atoms with Gasteiger partial charge >= 0.3 is 0 Å². The summed E-state index contributed by atoms with van der Waals surface area (Å²) in [4.78, 5) is 22.3. The zero-order valence-electron chi connectivity index (χ0n) is 10.7. The van der Waals surface area contributed by atoms with E-state index in [0.717, 1.165) is 6.07 Å². The fourth-order valence-corrected chi connectivity index (χ4v) is 1.93. The summed E-state index contributed by atoms with van der Waals surface area (Å²) < 4.78 is 0. The van der Waals surface area contributed by atoms with Gasteiger partial charge in [0.15, 0.2) is 0 Å². The molecule has 0 bridgehead atoms. The lowest BCUT2D eigenvalue weighted by Gasteiger charge is -2.06. The number of non-ortho nitro benzene ring substituents is 1. The van der Waals surface area contributed by atoms with E-state index in [0.29, 0.717) is 11.3 Å². The number of hydrogen-bond acceptors (Lipinski definition) is 3. The van der Waals surface area contributed by atoms with Crippen molar-refractivity contribution in [3.8, 4) is 12.3 Å². The average Bonchev–Trinajstić information content (AvgIpc) is 2.46. The number of terminal acetylenes is 1. The Bertz CT molecular complexity index is 766. The van der Waals surface area contributed by atoms with Gasteiger partial charge in [0.2, 0.25) is 0 Å². The van der Waals surface area contributed by atoms with Crippen molar-refractivity contribution in [2.24, 2.45) is 0 Å². The minimum Gasteiger partial charge on any atom is -0.322 e. The molecule has 5 nitrogen and oxygen atoms in total. The topological polar surface area (TPSA) is 72.2 Å². The third-order valence-corrected chi connectivity index (χ3v) is 2.86. The van der Waals surface area contributed by atoms with Gasteiger partial charge in [0, 0.05) is 34.0 Å². The Labute approximate surface area is 125 Å². The lowest BCUT2D eigenvalue weighted by atomic mass is 10.1. The van der Waals surface area contributed by atoms with Crippen LogP contribution in [0.1, 0.15) is 15.9 Å². The Morgan fingerprint density at radius 3 is 2.71 bits per heavy atom. The maximum Gasteiger partial charge on any atom is 0.271 e. The molecule has 0 saturated heterocycles. The maximum atomic E-state index is 12.1. The number of halogens is 1. The highest BCUT2D eigenvalue weighted by molar-refractivity contribution is 6.31. The fraction of sp³-hybridized carbons (Fsp3) is 0. The second kappa shape index (κ2) is 6.07. The smallest absolute Gasteiger partial charge is 0.271 e. The number of anilines is 1. The van der Waals surface area contributed by atoms with Gasteiger partial charge in [-0.1, -0.05) is 23.6 Å². The molecule has 0 radical (unpaired) electrons. The quantitative estimate of drug-likeness (QED) is 0.536. The SMILES string of the molecule is C#Cc1cccc(NC(=O)c2cc(Cl)cc([N+](=O)[O-])c2)c1. The van der Waals surface area contributed by atoms with Crippen LogP contribution < -0.4 is 5.32 Å². The molecule has 0 unspecified atom stereocenters. The van der Waals surface area contributed by atoms with E-state index >= 15 is 0 Å². The van der Waals surface area contributed by atoms with Gasteiger partial charge in [0.25, 0.3) is 11.6 Å². The monoisotopic (exact) mass is 300 g/mol. The highest BCUT2D eigenvalue weighted by Gasteiger charge is 2.14. The maximum absolute atomic E-state index is 12.1. The summed E-state index contributed by atoms with van der Waals surface area (Å²) >= 11 is 5.78. The van der Waals surface area contributed by atoms with E-state index in [9.17, 15) is 14.9 Å². The highest BCUT2D eigenvalue weighted by atomic mass is 35.5. The molecule has 6 heteroatoms. The van der Waals surface area contributed by atoms with Gasteiger partial charge in [-0.15, -0.1) is 6.42 Å². The number of rotatable bonds is 3. The van der Waals surface area contributed by atoms with Crippen LogP contribution in [0.15, 0.2) is 42.5 Å². The molecule has 2 aromatic rings. The zero-order valence-corrected chi connectivity index (χ0v) is 11.4. The number of benzene rings is 2. The van der Waals surface area contributed by atoms with E-state index in [-0.39, 0.29) is 16.3 Å². The molecule has 0 aliphatic carbocycles. The molecule has 0 fully saturated rings. The summed E-state index contributed by atoms with van der Waals surface area (Å²) in [6, 6.07) is 10.4. The van der Waals surface area contributed by atoms with Crippen molar-refractivity contribution in [2.45, 2.75) is 0 Å². The number of carbonyl (C=O) groups excluding carboxylic acids is 1. The second-order valence-electron chi connectivity index (χ2n) is 4.13. The van der Waals surface area contributed by atoms with E-state index in [1.807, 2.05) is 0 Å². The Morgan fingerprint density at radius 1 is 1.29 bits per heavy atom. The predicted molar refractivity (Wildman–Crippen MR) is 80.4 cm³/mol. The largest absolute Gasteiger partial charge is 0.322 e. The first-order valence-corrected chi connectivity index (χ1v) is 6.20. The van der Waals surface area contributed by atoms with Crippen molar-refractivity contribution in [2.75, 3.05) is 5.32 Å². The first-order valence-electron chi connectivity index (χ1n) is 5.82. The van der Waals surface area contributed by atoms with Crippen molar-refractivity contribution in [1.29, 1.82) is 0 Å². The first-order chi connectivity index (χ1) is 9.99. The molecule has 0 heterocycles. The standard InChI is InChI=1S/C15H9ClN2O3/c1-2-10-4-3-5-13(6-10)17-15(19)11-7-12(16)9-14(8-11)18(20)21/h1,3-9H,(H,17,19). The molecule has 1 amide bonds. The number of carbonyl (C=O) groups is 1. The number of amides is 1.